The second kappa shape index (κ2) is 7.87. The Bertz CT molecular complexity index is 581. The van der Waals surface area contributed by atoms with Gasteiger partial charge in [-0.05, 0) is 6.42 Å². The molecule has 1 aromatic rings. The Balaban J connectivity index is 2.44. The van der Waals surface area contributed by atoms with Gasteiger partial charge in [0.2, 0.25) is 6.19 Å². The summed E-state index contributed by atoms with van der Waals surface area (Å²) in [7, 11) is 0. The Morgan fingerprint density at radius 3 is 2.82 bits per heavy atom. The van der Waals surface area contributed by atoms with E-state index in [-0.39, 0.29) is 17.6 Å². The molecule has 5 N–H and O–H groups in total. The first kappa shape index (κ1) is 17.3. The minimum atomic E-state index is -4.41. The lowest BCUT2D eigenvalue weighted by Crippen LogP contribution is -2.25. The molecule has 0 saturated carbocycles. The molecule has 0 atom stereocenters. The van der Waals surface area contributed by atoms with Crippen LogP contribution in [0.1, 0.15) is 12.8 Å². The number of aliphatic imine (C=N–C) groups is 2. The largest absolute Gasteiger partial charge is 0.408 e. The summed E-state index contributed by atoms with van der Waals surface area (Å²) in [5.74, 6) is 0.145. The molecule has 0 unspecified atom stereocenters. The first-order chi connectivity index (χ1) is 10.3. The van der Waals surface area contributed by atoms with Gasteiger partial charge in [-0.25, -0.2) is 4.99 Å². The van der Waals surface area contributed by atoms with Gasteiger partial charge in [0.1, 0.15) is 12.4 Å². The third-order valence-electron chi connectivity index (χ3n) is 2.34. The van der Waals surface area contributed by atoms with Crippen molar-refractivity contribution in [2.24, 2.45) is 21.5 Å². The van der Waals surface area contributed by atoms with E-state index in [1.807, 2.05) is 0 Å². The first-order valence-corrected chi connectivity index (χ1v) is 6.18. The van der Waals surface area contributed by atoms with Gasteiger partial charge in [0.05, 0.1) is 0 Å². The van der Waals surface area contributed by atoms with Crippen molar-refractivity contribution >= 4 is 17.6 Å². The fourth-order valence-electron chi connectivity index (χ4n) is 1.44. The number of alkyl halides is 3. The number of aromatic nitrogens is 2. The maximum Gasteiger partial charge on any atom is 0.408 e. The summed E-state index contributed by atoms with van der Waals surface area (Å²) in [6.45, 7) is -0.854. The lowest BCUT2D eigenvalue weighted by Gasteiger charge is -2.05. The average molecular weight is 316 g/mol. The zero-order valence-electron chi connectivity index (χ0n) is 11.5. The molecular formula is C11H15F3N8. The quantitative estimate of drug-likeness (QED) is 0.406. The molecule has 0 aliphatic carbocycles. The van der Waals surface area contributed by atoms with E-state index >= 15 is 0 Å². The molecule has 120 valence electrons. The zero-order valence-corrected chi connectivity index (χ0v) is 11.5. The second-order valence-corrected chi connectivity index (χ2v) is 4.21. The molecule has 0 fully saturated rings. The normalized spacial score (nSPS) is 13.0. The van der Waals surface area contributed by atoms with Crippen LogP contribution in [0.3, 0.4) is 0 Å². The second-order valence-electron chi connectivity index (χ2n) is 4.21. The topological polar surface area (TPSA) is 130 Å². The standard InChI is InChI=1S/C11H15F3N8/c12-11(13,14)6-18-10(17)20-9-3-5-22(21-9)4-1-2-8(16)19-7-15/h3,5H,1-2,4,6H2,(H2,16,19)(H3,17,18,20,21). The van der Waals surface area contributed by atoms with Crippen LogP contribution in [0.25, 0.3) is 0 Å². The number of hydrogen-bond acceptors (Lipinski definition) is 4. The molecule has 0 saturated heterocycles. The van der Waals surface area contributed by atoms with Crippen molar-refractivity contribution in [3.63, 3.8) is 0 Å². The molecule has 0 aromatic carbocycles. The number of anilines is 1. The number of amidine groups is 1. The van der Waals surface area contributed by atoms with Gasteiger partial charge >= 0.3 is 6.18 Å². The summed E-state index contributed by atoms with van der Waals surface area (Å²) in [5, 5.41) is 14.8. The Hall–Kier alpha value is -2.77. The Labute approximate surface area is 124 Å². The first-order valence-electron chi connectivity index (χ1n) is 6.18. The van der Waals surface area contributed by atoms with Crippen LogP contribution in [0.15, 0.2) is 22.2 Å². The van der Waals surface area contributed by atoms with Crippen LogP contribution in [0.5, 0.6) is 0 Å². The van der Waals surface area contributed by atoms with E-state index in [9.17, 15) is 13.2 Å². The van der Waals surface area contributed by atoms with Crippen molar-refractivity contribution in [2.75, 3.05) is 11.9 Å². The molecule has 0 bridgehead atoms. The van der Waals surface area contributed by atoms with Gasteiger partial charge in [-0.2, -0.15) is 28.5 Å². The monoisotopic (exact) mass is 316 g/mol. The number of aryl methyl sites for hydroxylation is 1. The van der Waals surface area contributed by atoms with E-state index in [0.717, 1.165) is 0 Å². The average Bonchev–Trinajstić information content (AvgIpc) is 2.83. The molecule has 0 radical (unpaired) electrons. The highest BCUT2D eigenvalue weighted by Gasteiger charge is 2.26. The molecule has 1 aromatic heterocycles. The molecule has 11 heteroatoms. The number of guanidine groups is 1. The Kier molecular flexibility index (Phi) is 6.18. The summed E-state index contributed by atoms with van der Waals surface area (Å²) in [5.41, 5.74) is 10.8. The Morgan fingerprint density at radius 2 is 2.18 bits per heavy atom. The van der Waals surface area contributed by atoms with Gasteiger partial charge in [0.15, 0.2) is 11.8 Å². The molecule has 8 nitrogen and oxygen atoms in total. The van der Waals surface area contributed by atoms with Gasteiger partial charge in [0.25, 0.3) is 0 Å². The predicted octanol–water partition coefficient (Wildman–Crippen LogP) is 0.790. The molecule has 22 heavy (non-hydrogen) atoms. The number of rotatable bonds is 6. The van der Waals surface area contributed by atoms with Crippen LogP contribution in [0.4, 0.5) is 19.0 Å². The van der Waals surface area contributed by atoms with E-state index in [1.54, 1.807) is 23.1 Å². The Morgan fingerprint density at radius 1 is 1.45 bits per heavy atom. The molecule has 0 aliphatic rings. The van der Waals surface area contributed by atoms with Crippen molar-refractivity contribution in [3.8, 4) is 6.19 Å². The maximum atomic E-state index is 12.0. The highest BCUT2D eigenvalue weighted by atomic mass is 19.4. The number of hydrogen-bond donors (Lipinski definition) is 3. The predicted molar refractivity (Wildman–Crippen MR) is 74.9 cm³/mol. The van der Waals surface area contributed by atoms with Crippen molar-refractivity contribution in [1.29, 1.82) is 5.26 Å². The van der Waals surface area contributed by atoms with Crippen LogP contribution in [-0.2, 0) is 6.54 Å². The van der Waals surface area contributed by atoms with Crippen LogP contribution >= 0.6 is 0 Å². The summed E-state index contributed by atoms with van der Waals surface area (Å²) in [6.07, 6.45) is -0.154. The lowest BCUT2D eigenvalue weighted by molar-refractivity contribution is -0.118. The van der Waals surface area contributed by atoms with Gasteiger partial charge in [0, 0.05) is 25.2 Å². The van der Waals surface area contributed by atoms with Gasteiger partial charge < -0.3 is 16.8 Å². The highest BCUT2D eigenvalue weighted by Crippen LogP contribution is 2.14. The molecule has 1 heterocycles. The van der Waals surface area contributed by atoms with Crippen molar-refractivity contribution in [1.82, 2.24) is 9.78 Å². The third kappa shape index (κ3) is 7.13. The summed E-state index contributed by atoms with van der Waals surface area (Å²) < 4.78 is 37.5. The summed E-state index contributed by atoms with van der Waals surface area (Å²) in [4.78, 5) is 6.53. The van der Waals surface area contributed by atoms with Crippen molar-refractivity contribution in [3.05, 3.63) is 12.3 Å². The SMILES string of the molecule is N#CN=C(N)CCCn1ccc(NC(N)=NCC(F)(F)F)n1. The zero-order chi connectivity index (χ0) is 16.6. The van der Waals surface area contributed by atoms with E-state index in [0.29, 0.717) is 19.4 Å². The number of nitrogens with two attached hydrogens (primary N) is 2. The molecule has 0 amide bonds. The molecular weight excluding hydrogens is 301 g/mol. The van der Waals surface area contributed by atoms with Crippen LogP contribution in [-0.4, -0.2) is 34.3 Å². The van der Waals surface area contributed by atoms with E-state index in [2.05, 4.69) is 20.4 Å². The molecule has 0 aliphatic heterocycles. The number of halogens is 3. The maximum absolute atomic E-state index is 12.0. The van der Waals surface area contributed by atoms with E-state index < -0.39 is 12.7 Å². The van der Waals surface area contributed by atoms with Gasteiger partial charge in [-0.3, -0.25) is 4.68 Å². The number of nitrogens with one attached hydrogen (secondary N) is 1. The molecule has 1 rings (SSSR count). The highest BCUT2D eigenvalue weighted by molar-refractivity contribution is 5.91. The summed E-state index contributed by atoms with van der Waals surface area (Å²) in [6, 6.07) is 1.54. The fraction of sp³-hybridized carbons (Fsp3) is 0.455. The van der Waals surface area contributed by atoms with E-state index in [4.69, 9.17) is 16.7 Å². The third-order valence-corrected chi connectivity index (χ3v) is 2.34. The van der Waals surface area contributed by atoms with Crippen molar-refractivity contribution in [2.45, 2.75) is 25.6 Å². The number of nitrogens with zero attached hydrogens (tertiary/aromatic N) is 5. The van der Waals surface area contributed by atoms with Crippen LogP contribution in [0.2, 0.25) is 0 Å². The smallest absolute Gasteiger partial charge is 0.386 e. The summed E-state index contributed by atoms with van der Waals surface area (Å²) >= 11 is 0. The fourth-order valence-corrected chi connectivity index (χ4v) is 1.44. The van der Waals surface area contributed by atoms with E-state index in [1.165, 1.54) is 0 Å². The minimum absolute atomic E-state index is 0.233. The van der Waals surface area contributed by atoms with Gasteiger partial charge in [-0.1, -0.05) is 0 Å². The van der Waals surface area contributed by atoms with Gasteiger partial charge in [-0.15, -0.1) is 0 Å². The number of nitriles is 1. The minimum Gasteiger partial charge on any atom is -0.386 e. The van der Waals surface area contributed by atoms with Crippen molar-refractivity contribution < 1.29 is 13.2 Å². The van der Waals surface area contributed by atoms with Crippen LogP contribution in [0, 0.1) is 11.5 Å². The molecule has 0 spiro atoms. The van der Waals surface area contributed by atoms with Crippen LogP contribution < -0.4 is 16.8 Å². The lowest BCUT2D eigenvalue weighted by atomic mass is 10.3.